The molecule has 96 valence electrons. The van der Waals surface area contributed by atoms with E-state index < -0.39 is 10.0 Å². The molecule has 0 aliphatic rings. The van der Waals surface area contributed by atoms with Crippen LogP contribution in [0, 0.1) is 11.3 Å². The van der Waals surface area contributed by atoms with Crippen LogP contribution in [0.3, 0.4) is 0 Å². The predicted molar refractivity (Wildman–Crippen MR) is 73.9 cm³/mol. The van der Waals surface area contributed by atoms with Crippen LogP contribution in [0.1, 0.15) is 5.56 Å². The van der Waals surface area contributed by atoms with Gasteiger partial charge in [0, 0.05) is 12.4 Å². The molecule has 0 radical (unpaired) electrons. The number of pyridine rings is 1. The first-order valence-corrected chi connectivity index (χ1v) is 7.43. The van der Waals surface area contributed by atoms with Gasteiger partial charge in [0.1, 0.15) is 0 Å². The standard InChI is InChI=1S/C12H8BrN3O2S/c13-11-8-15-5-4-12(11)16-19(17,18)10-3-1-2-9(6-10)7-14/h1-6,8H,(H,15,16). The number of benzene rings is 1. The smallest absolute Gasteiger partial charge is 0.261 e. The highest BCUT2D eigenvalue weighted by Gasteiger charge is 2.15. The first kappa shape index (κ1) is 13.5. The third-order valence-corrected chi connectivity index (χ3v) is 4.29. The van der Waals surface area contributed by atoms with Crippen LogP contribution in [-0.2, 0) is 10.0 Å². The fraction of sp³-hybridized carbons (Fsp3) is 0. The highest BCUT2D eigenvalue weighted by atomic mass is 79.9. The lowest BCUT2D eigenvalue weighted by Crippen LogP contribution is -2.13. The Hall–Kier alpha value is -1.91. The molecule has 0 fully saturated rings. The van der Waals surface area contributed by atoms with Crippen molar-refractivity contribution in [1.82, 2.24) is 4.98 Å². The van der Waals surface area contributed by atoms with Gasteiger partial charge in [0.05, 0.1) is 26.7 Å². The molecule has 19 heavy (non-hydrogen) atoms. The van der Waals surface area contributed by atoms with E-state index >= 15 is 0 Å². The number of nitrogens with zero attached hydrogens (tertiary/aromatic N) is 2. The maximum Gasteiger partial charge on any atom is 0.261 e. The van der Waals surface area contributed by atoms with Crippen LogP contribution < -0.4 is 4.72 Å². The monoisotopic (exact) mass is 337 g/mol. The molecule has 2 aromatic rings. The van der Waals surface area contributed by atoms with Gasteiger partial charge < -0.3 is 0 Å². The van der Waals surface area contributed by atoms with Crippen molar-refractivity contribution in [3.8, 4) is 6.07 Å². The van der Waals surface area contributed by atoms with E-state index in [1.165, 1.54) is 36.7 Å². The molecule has 0 aliphatic carbocycles. The Kier molecular flexibility index (Phi) is 3.83. The van der Waals surface area contributed by atoms with Gasteiger partial charge in [-0.25, -0.2) is 8.42 Å². The Morgan fingerprint density at radius 2 is 2.11 bits per heavy atom. The summed E-state index contributed by atoms with van der Waals surface area (Å²) in [6.07, 6.45) is 2.97. The van der Waals surface area contributed by atoms with Crippen LogP contribution in [0.4, 0.5) is 5.69 Å². The molecule has 0 saturated heterocycles. The Morgan fingerprint density at radius 1 is 1.32 bits per heavy atom. The summed E-state index contributed by atoms with van der Waals surface area (Å²) in [6.45, 7) is 0. The topological polar surface area (TPSA) is 82.8 Å². The zero-order chi connectivity index (χ0) is 13.9. The zero-order valence-electron chi connectivity index (χ0n) is 9.54. The molecule has 2 rings (SSSR count). The van der Waals surface area contributed by atoms with E-state index in [9.17, 15) is 8.42 Å². The van der Waals surface area contributed by atoms with E-state index in [1.54, 1.807) is 6.07 Å². The fourth-order valence-corrected chi connectivity index (χ4v) is 3.00. The van der Waals surface area contributed by atoms with Crippen LogP contribution >= 0.6 is 15.9 Å². The number of nitrogens with one attached hydrogen (secondary N) is 1. The van der Waals surface area contributed by atoms with E-state index in [-0.39, 0.29) is 10.5 Å². The second kappa shape index (κ2) is 5.38. The highest BCUT2D eigenvalue weighted by molar-refractivity contribution is 9.10. The number of aromatic nitrogens is 1. The first-order chi connectivity index (χ1) is 9.03. The number of hydrogen-bond donors (Lipinski definition) is 1. The number of hydrogen-bond acceptors (Lipinski definition) is 4. The lowest BCUT2D eigenvalue weighted by Gasteiger charge is -2.09. The molecule has 0 atom stereocenters. The second-order valence-corrected chi connectivity index (χ2v) is 6.14. The van der Waals surface area contributed by atoms with Crippen molar-refractivity contribution in [3.05, 3.63) is 52.8 Å². The van der Waals surface area contributed by atoms with Gasteiger partial charge in [-0.15, -0.1) is 0 Å². The van der Waals surface area contributed by atoms with Gasteiger partial charge in [-0.3, -0.25) is 9.71 Å². The summed E-state index contributed by atoms with van der Waals surface area (Å²) in [7, 11) is -3.73. The van der Waals surface area contributed by atoms with Gasteiger partial charge in [-0.05, 0) is 40.2 Å². The Bertz CT molecular complexity index is 754. The summed E-state index contributed by atoms with van der Waals surface area (Å²) in [6, 6.07) is 9.25. The number of nitriles is 1. The maximum atomic E-state index is 12.2. The number of rotatable bonds is 3. The minimum absolute atomic E-state index is 0.0373. The van der Waals surface area contributed by atoms with Crippen molar-refractivity contribution < 1.29 is 8.42 Å². The molecule has 1 N–H and O–H groups in total. The SMILES string of the molecule is N#Cc1cccc(S(=O)(=O)Nc2ccncc2Br)c1. The van der Waals surface area contributed by atoms with Gasteiger partial charge >= 0.3 is 0 Å². The molecule has 0 amide bonds. The van der Waals surface area contributed by atoms with Crippen molar-refractivity contribution in [2.75, 3.05) is 4.72 Å². The average Bonchev–Trinajstić information content (AvgIpc) is 2.41. The fourth-order valence-electron chi connectivity index (χ4n) is 1.39. The number of halogens is 1. The van der Waals surface area contributed by atoms with Crippen molar-refractivity contribution in [2.45, 2.75) is 4.90 Å². The van der Waals surface area contributed by atoms with Gasteiger partial charge in [-0.2, -0.15) is 5.26 Å². The molecule has 0 bridgehead atoms. The third kappa shape index (κ3) is 3.10. The molecule has 0 saturated carbocycles. The number of sulfonamides is 1. The van der Waals surface area contributed by atoms with Gasteiger partial charge in [0.15, 0.2) is 0 Å². The van der Waals surface area contributed by atoms with Gasteiger partial charge in [0.2, 0.25) is 0 Å². The lowest BCUT2D eigenvalue weighted by atomic mass is 10.2. The van der Waals surface area contributed by atoms with E-state index in [1.807, 2.05) is 6.07 Å². The third-order valence-electron chi connectivity index (χ3n) is 2.29. The first-order valence-electron chi connectivity index (χ1n) is 5.15. The van der Waals surface area contributed by atoms with Gasteiger partial charge in [0.25, 0.3) is 10.0 Å². The maximum absolute atomic E-state index is 12.2. The largest absolute Gasteiger partial charge is 0.278 e. The van der Waals surface area contributed by atoms with E-state index in [0.717, 1.165) is 0 Å². The molecule has 0 aliphatic heterocycles. The van der Waals surface area contributed by atoms with Crippen molar-refractivity contribution in [2.24, 2.45) is 0 Å². The van der Waals surface area contributed by atoms with E-state index in [2.05, 4.69) is 25.6 Å². The van der Waals surface area contributed by atoms with Gasteiger partial charge in [-0.1, -0.05) is 6.07 Å². The second-order valence-electron chi connectivity index (χ2n) is 3.60. The Morgan fingerprint density at radius 3 is 2.79 bits per heavy atom. The zero-order valence-corrected chi connectivity index (χ0v) is 11.9. The molecule has 7 heteroatoms. The minimum atomic E-state index is -3.73. The number of anilines is 1. The molecular formula is C12H8BrN3O2S. The molecule has 1 aromatic heterocycles. The summed E-state index contributed by atoms with van der Waals surface area (Å²) < 4.78 is 27.3. The average molecular weight is 338 g/mol. The molecular weight excluding hydrogens is 330 g/mol. The summed E-state index contributed by atoms with van der Waals surface area (Å²) >= 11 is 3.21. The predicted octanol–water partition coefficient (Wildman–Crippen LogP) is 2.52. The highest BCUT2D eigenvalue weighted by Crippen LogP contribution is 2.23. The molecule has 5 nitrogen and oxygen atoms in total. The molecule has 0 unspecified atom stereocenters. The van der Waals surface area contributed by atoms with Crippen molar-refractivity contribution in [3.63, 3.8) is 0 Å². The molecule has 1 aromatic carbocycles. The van der Waals surface area contributed by atoms with Crippen LogP contribution in [0.5, 0.6) is 0 Å². The van der Waals surface area contributed by atoms with Crippen molar-refractivity contribution in [1.29, 1.82) is 5.26 Å². The summed E-state index contributed by atoms with van der Waals surface area (Å²) in [5.74, 6) is 0. The Balaban J connectivity index is 2.39. The van der Waals surface area contributed by atoms with Crippen LogP contribution in [0.15, 0.2) is 52.1 Å². The Labute approximate surface area is 119 Å². The van der Waals surface area contributed by atoms with Crippen LogP contribution in [0.2, 0.25) is 0 Å². The quantitative estimate of drug-likeness (QED) is 0.932. The molecule has 1 heterocycles. The summed E-state index contributed by atoms with van der Waals surface area (Å²) in [5.41, 5.74) is 0.675. The summed E-state index contributed by atoms with van der Waals surface area (Å²) in [5, 5.41) is 8.78. The van der Waals surface area contributed by atoms with Crippen LogP contribution in [0.25, 0.3) is 0 Å². The minimum Gasteiger partial charge on any atom is -0.278 e. The van der Waals surface area contributed by atoms with Crippen LogP contribution in [-0.4, -0.2) is 13.4 Å². The summed E-state index contributed by atoms with van der Waals surface area (Å²) in [4.78, 5) is 3.89. The van der Waals surface area contributed by atoms with E-state index in [4.69, 9.17) is 5.26 Å². The molecule has 0 spiro atoms. The normalized spacial score (nSPS) is 10.7. The lowest BCUT2D eigenvalue weighted by molar-refractivity contribution is 0.601. The van der Waals surface area contributed by atoms with Crippen molar-refractivity contribution >= 4 is 31.6 Å². The van der Waals surface area contributed by atoms with E-state index in [0.29, 0.717) is 10.2 Å².